The fourth-order valence-corrected chi connectivity index (χ4v) is 4.81. The van der Waals surface area contributed by atoms with Crippen molar-refractivity contribution in [1.29, 1.82) is 0 Å². The van der Waals surface area contributed by atoms with Gasteiger partial charge in [0.1, 0.15) is 11.8 Å². The Labute approximate surface area is 135 Å². The van der Waals surface area contributed by atoms with Crippen LogP contribution in [0.5, 0.6) is 0 Å². The van der Waals surface area contributed by atoms with Crippen molar-refractivity contribution in [2.75, 3.05) is 31.6 Å². The molecule has 9 heteroatoms. The van der Waals surface area contributed by atoms with Crippen LogP contribution in [0.1, 0.15) is 12.8 Å². The highest BCUT2D eigenvalue weighted by molar-refractivity contribution is 7.90. The number of sulfonamides is 1. The average molecular weight is 336 g/mol. The third-order valence-corrected chi connectivity index (χ3v) is 6.97. The van der Waals surface area contributed by atoms with E-state index >= 15 is 0 Å². The van der Waals surface area contributed by atoms with Crippen LogP contribution in [-0.2, 0) is 17.1 Å². The molecule has 2 aliphatic rings. The SMILES string of the molecule is CN(CC1CN(c2ncnc3ncn(C)c23)C1)S(=O)(=O)C1CC1. The molecule has 0 N–H and O–H groups in total. The molecule has 1 saturated carbocycles. The van der Waals surface area contributed by atoms with Gasteiger partial charge in [-0.05, 0) is 12.8 Å². The zero-order valence-electron chi connectivity index (χ0n) is 13.3. The summed E-state index contributed by atoms with van der Waals surface area (Å²) in [4.78, 5) is 15.0. The monoisotopic (exact) mass is 336 g/mol. The smallest absolute Gasteiger partial charge is 0.216 e. The maximum atomic E-state index is 12.2. The molecule has 8 nitrogen and oxygen atoms in total. The number of nitrogens with zero attached hydrogens (tertiary/aromatic N) is 6. The third kappa shape index (κ3) is 2.47. The maximum absolute atomic E-state index is 12.2. The van der Waals surface area contributed by atoms with Crippen LogP contribution in [0.4, 0.5) is 5.82 Å². The second-order valence-corrected chi connectivity index (χ2v) is 8.84. The van der Waals surface area contributed by atoms with Crippen LogP contribution in [0.3, 0.4) is 0 Å². The summed E-state index contributed by atoms with van der Waals surface area (Å²) in [6.45, 7) is 2.19. The predicted octanol–water partition coefficient (Wildman–Crippen LogP) is 0.223. The van der Waals surface area contributed by atoms with Crippen molar-refractivity contribution < 1.29 is 8.42 Å². The van der Waals surface area contributed by atoms with Crippen LogP contribution in [0.2, 0.25) is 0 Å². The summed E-state index contributed by atoms with van der Waals surface area (Å²) in [7, 11) is 0.544. The molecule has 2 fully saturated rings. The minimum absolute atomic E-state index is 0.139. The second-order valence-electron chi connectivity index (χ2n) is 6.52. The van der Waals surface area contributed by atoms with E-state index in [-0.39, 0.29) is 5.25 Å². The molecule has 2 aromatic heterocycles. The van der Waals surface area contributed by atoms with Crippen LogP contribution in [0, 0.1) is 5.92 Å². The van der Waals surface area contributed by atoms with Gasteiger partial charge in [0.25, 0.3) is 0 Å². The molecule has 0 atom stereocenters. The van der Waals surface area contributed by atoms with Gasteiger partial charge in [0.2, 0.25) is 10.0 Å². The minimum atomic E-state index is -3.08. The van der Waals surface area contributed by atoms with Crippen molar-refractivity contribution >= 4 is 27.0 Å². The lowest BCUT2D eigenvalue weighted by atomic mass is 10.0. The molecule has 2 aromatic rings. The number of hydrogen-bond acceptors (Lipinski definition) is 6. The average Bonchev–Trinajstić information content (AvgIpc) is 3.27. The molecule has 0 bridgehead atoms. The molecular formula is C14H20N6O2S. The van der Waals surface area contributed by atoms with E-state index in [0.29, 0.717) is 18.1 Å². The van der Waals surface area contributed by atoms with Gasteiger partial charge in [-0.3, -0.25) is 0 Å². The molecule has 3 heterocycles. The van der Waals surface area contributed by atoms with Gasteiger partial charge >= 0.3 is 0 Å². The number of fused-ring (bicyclic) bond motifs is 1. The summed E-state index contributed by atoms with van der Waals surface area (Å²) in [5.41, 5.74) is 1.61. The standard InChI is InChI=1S/C14H20N6O2S/c1-18-9-17-13-12(18)14(16-8-15-13)20-6-10(7-20)5-19(2)23(21,22)11-3-4-11/h8-11H,3-7H2,1-2H3. The molecule has 1 aliphatic heterocycles. The maximum Gasteiger partial charge on any atom is 0.216 e. The fourth-order valence-electron chi connectivity index (χ4n) is 3.15. The predicted molar refractivity (Wildman–Crippen MR) is 86.6 cm³/mol. The first-order valence-corrected chi connectivity index (χ1v) is 9.29. The van der Waals surface area contributed by atoms with Gasteiger partial charge in [0.15, 0.2) is 11.5 Å². The molecule has 0 radical (unpaired) electrons. The van der Waals surface area contributed by atoms with Crippen LogP contribution in [0.25, 0.3) is 11.2 Å². The third-order valence-electron chi connectivity index (χ3n) is 4.64. The summed E-state index contributed by atoms with van der Waals surface area (Å²) < 4.78 is 27.8. The lowest BCUT2D eigenvalue weighted by Gasteiger charge is -2.41. The van der Waals surface area contributed by atoms with Gasteiger partial charge in [0, 0.05) is 39.6 Å². The van der Waals surface area contributed by atoms with Crippen molar-refractivity contribution in [3.63, 3.8) is 0 Å². The molecule has 124 valence electrons. The van der Waals surface area contributed by atoms with Crippen molar-refractivity contribution in [3.05, 3.63) is 12.7 Å². The number of imidazole rings is 1. The van der Waals surface area contributed by atoms with Crippen LogP contribution >= 0.6 is 0 Å². The van der Waals surface area contributed by atoms with E-state index in [0.717, 1.165) is 37.3 Å². The topological polar surface area (TPSA) is 84.2 Å². The van der Waals surface area contributed by atoms with Gasteiger partial charge in [0.05, 0.1) is 11.6 Å². The Morgan fingerprint density at radius 2 is 2.00 bits per heavy atom. The Bertz CT molecular complexity index is 838. The molecule has 0 unspecified atom stereocenters. The number of aromatic nitrogens is 4. The lowest BCUT2D eigenvalue weighted by Crippen LogP contribution is -2.52. The van der Waals surface area contributed by atoms with Gasteiger partial charge < -0.3 is 9.47 Å². The van der Waals surface area contributed by atoms with Crippen molar-refractivity contribution in [2.45, 2.75) is 18.1 Å². The molecule has 4 rings (SSSR count). The lowest BCUT2D eigenvalue weighted by molar-refractivity contribution is 0.326. The highest BCUT2D eigenvalue weighted by Gasteiger charge is 2.40. The largest absolute Gasteiger partial charge is 0.354 e. The first-order valence-electron chi connectivity index (χ1n) is 7.79. The first kappa shape index (κ1) is 14.8. The van der Waals surface area contributed by atoms with Gasteiger partial charge in [-0.15, -0.1) is 0 Å². The van der Waals surface area contributed by atoms with Crippen LogP contribution in [0.15, 0.2) is 12.7 Å². The molecule has 0 amide bonds. The van der Waals surface area contributed by atoms with E-state index in [1.165, 1.54) is 10.6 Å². The number of rotatable bonds is 5. The Kier molecular flexibility index (Phi) is 3.31. The van der Waals surface area contributed by atoms with E-state index in [1.807, 2.05) is 11.6 Å². The highest BCUT2D eigenvalue weighted by Crippen LogP contribution is 2.32. The first-order chi connectivity index (χ1) is 11.0. The Hall–Kier alpha value is -1.74. The van der Waals surface area contributed by atoms with E-state index in [1.54, 1.807) is 13.4 Å². The summed E-state index contributed by atoms with van der Waals surface area (Å²) in [5.74, 6) is 1.21. The van der Waals surface area contributed by atoms with Crippen LogP contribution < -0.4 is 4.90 Å². The molecule has 1 saturated heterocycles. The minimum Gasteiger partial charge on any atom is -0.354 e. The van der Waals surface area contributed by atoms with Gasteiger partial charge in [-0.2, -0.15) is 0 Å². The number of hydrogen-bond donors (Lipinski definition) is 0. The van der Waals surface area contributed by atoms with E-state index < -0.39 is 10.0 Å². The zero-order chi connectivity index (χ0) is 16.2. The molecule has 0 aromatic carbocycles. The highest BCUT2D eigenvalue weighted by atomic mass is 32.2. The van der Waals surface area contributed by atoms with Crippen molar-refractivity contribution in [1.82, 2.24) is 23.8 Å². The molecule has 1 aliphatic carbocycles. The van der Waals surface area contributed by atoms with E-state index in [4.69, 9.17) is 0 Å². The van der Waals surface area contributed by atoms with Gasteiger partial charge in [-0.25, -0.2) is 27.7 Å². The van der Waals surface area contributed by atoms with Crippen LogP contribution in [-0.4, -0.2) is 64.2 Å². The molecule has 0 spiro atoms. The van der Waals surface area contributed by atoms with Gasteiger partial charge in [-0.1, -0.05) is 0 Å². The normalized spacial score (nSPS) is 19.5. The number of anilines is 1. The molecule has 23 heavy (non-hydrogen) atoms. The van der Waals surface area contributed by atoms with Crippen molar-refractivity contribution in [2.24, 2.45) is 13.0 Å². The summed E-state index contributed by atoms with van der Waals surface area (Å²) in [5, 5.41) is -0.139. The Balaban J connectivity index is 1.44. The van der Waals surface area contributed by atoms with E-state index in [9.17, 15) is 8.42 Å². The summed E-state index contributed by atoms with van der Waals surface area (Å²) >= 11 is 0. The Morgan fingerprint density at radius 3 is 2.70 bits per heavy atom. The molecular weight excluding hydrogens is 316 g/mol. The van der Waals surface area contributed by atoms with E-state index in [2.05, 4.69) is 19.9 Å². The summed E-state index contributed by atoms with van der Waals surface area (Å²) in [6, 6.07) is 0. The second kappa shape index (κ2) is 5.13. The summed E-state index contributed by atoms with van der Waals surface area (Å²) in [6.07, 6.45) is 4.88. The quantitative estimate of drug-likeness (QED) is 0.777. The van der Waals surface area contributed by atoms with Crippen molar-refractivity contribution in [3.8, 4) is 0 Å². The fraction of sp³-hybridized carbons (Fsp3) is 0.643. The Morgan fingerprint density at radius 1 is 1.26 bits per heavy atom. The number of aryl methyl sites for hydroxylation is 1. The zero-order valence-corrected chi connectivity index (χ0v) is 14.1.